The van der Waals surface area contributed by atoms with E-state index in [1.807, 2.05) is 0 Å². The predicted molar refractivity (Wildman–Crippen MR) is 45.6 cm³/mol. The van der Waals surface area contributed by atoms with E-state index in [1.54, 1.807) is 18.9 Å². The number of carbonyl (C=O) groups excluding carboxylic acids is 1. The van der Waals surface area contributed by atoms with Crippen LogP contribution in [0.1, 0.15) is 13.3 Å². The van der Waals surface area contributed by atoms with Gasteiger partial charge >= 0.3 is 0 Å². The Hall–Kier alpha value is -0.610. The molecule has 1 aliphatic rings. The Morgan fingerprint density at radius 1 is 1.75 bits per heavy atom. The number of hydrogen-bond donors (Lipinski definition) is 1. The molecule has 4 nitrogen and oxygen atoms in total. The molecule has 1 unspecified atom stereocenters. The molecule has 70 valence electrons. The summed E-state index contributed by atoms with van der Waals surface area (Å²) in [4.78, 5) is 13.1. The molecule has 1 aliphatic heterocycles. The maximum atomic E-state index is 11.4. The van der Waals surface area contributed by atoms with Crippen molar-refractivity contribution in [3.8, 4) is 0 Å². The van der Waals surface area contributed by atoms with Gasteiger partial charge in [0.1, 0.15) is 0 Å². The molecule has 0 aliphatic carbocycles. The second kappa shape index (κ2) is 3.87. The molecule has 0 aromatic rings. The third-order valence-electron chi connectivity index (χ3n) is 2.18. The van der Waals surface area contributed by atoms with Gasteiger partial charge < -0.3 is 15.4 Å². The van der Waals surface area contributed by atoms with E-state index < -0.39 is 0 Å². The highest BCUT2D eigenvalue weighted by atomic mass is 16.5. The van der Waals surface area contributed by atoms with Gasteiger partial charge in [-0.25, -0.2) is 0 Å². The van der Waals surface area contributed by atoms with Gasteiger partial charge in [-0.15, -0.1) is 0 Å². The minimum atomic E-state index is -0.388. The number of ether oxygens (including phenoxy) is 1. The van der Waals surface area contributed by atoms with Gasteiger partial charge in [0, 0.05) is 20.2 Å². The van der Waals surface area contributed by atoms with Crippen LogP contribution in [-0.2, 0) is 9.53 Å². The Labute approximate surface area is 72.7 Å². The number of nitrogens with two attached hydrogens (primary N) is 1. The summed E-state index contributed by atoms with van der Waals surface area (Å²) >= 11 is 0. The summed E-state index contributed by atoms with van der Waals surface area (Å²) < 4.78 is 5.14. The monoisotopic (exact) mass is 172 g/mol. The average molecular weight is 172 g/mol. The fourth-order valence-electron chi connectivity index (χ4n) is 1.41. The second-order valence-corrected chi connectivity index (χ2v) is 3.22. The standard InChI is InChI=1S/C8H16N2O2/c1-6(9)8(11)10-4-3-7(5-10)12-2/h6-7H,3-5,9H2,1-2H3/t6?,7-/m1/s1. The SMILES string of the molecule is CO[C@@H]1CCN(C(=O)C(C)N)C1. The van der Waals surface area contributed by atoms with E-state index in [4.69, 9.17) is 10.5 Å². The quantitative estimate of drug-likeness (QED) is 0.615. The normalized spacial score (nSPS) is 25.9. The van der Waals surface area contributed by atoms with Crippen LogP contribution in [0, 0.1) is 0 Å². The fraction of sp³-hybridized carbons (Fsp3) is 0.875. The average Bonchev–Trinajstić information content (AvgIpc) is 2.50. The van der Waals surface area contributed by atoms with Crippen molar-refractivity contribution in [3.05, 3.63) is 0 Å². The van der Waals surface area contributed by atoms with E-state index >= 15 is 0 Å². The number of hydrogen-bond acceptors (Lipinski definition) is 3. The first-order valence-corrected chi connectivity index (χ1v) is 4.22. The number of nitrogens with zero attached hydrogens (tertiary/aromatic N) is 1. The maximum absolute atomic E-state index is 11.4. The molecule has 12 heavy (non-hydrogen) atoms. The molecule has 0 bridgehead atoms. The van der Waals surface area contributed by atoms with E-state index in [0.29, 0.717) is 6.54 Å². The van der Waals surface area contributed by atoms with Crippen LogP contribution in [0.4, 0.5) is 0 Å². The molecule has 4 heteroatoms. The number of amides is 1. The molecule has 0 aromatic carbocycles. The molecule has 1 rings (SSSR count). The maximum Gasteiger partial charge on any atom is 0.239 e. The van der Waals surface area contributed by atoms with Crippen LogP contribution in [0.2, 0.25) is 0 Å². The summed E-state index contributed by atoms with van der Waals surface area (Å²) in [5.74, 6) is 0.0227. The molecule has 1 fully saturated rings. The first-order chi connectivity index (χ1) is 5.65. The van der Waals surface area contributed by atoms with Gasteiger partial charge in [0.2, 0.25) is 5.91 Å². The molecular weight excluding hydrogens is 156 g/mol. The van der Waals surface area contributed by atoms with Crippen molar-refractivity contribution in [2.24, 2.45) is 5.73 Å². The van der Waals surface area contributed by atoms with Crippen LogP contribution in [0.3, 0.4) is 0 Å². The lowest BCUT2D eigenvalue weighted by Crippen LogP contribution is -2.41. The molecule has 1 amide bonds. The summed E-state index contributed by atoms with van der Waals surface area (Å²) in [7, 11) is 1.67. The Morgan fingerprint density at radius 3 is 2.83 bits per heavy atom. The molecule has 2 atom stereocenters. The van der Waals surface area contributed by atoms with Crippen LogP contribution >= 0.6 is 0 Å². The van der Waals surface area contributed by atoms with Gasteiger partial charge in [-0.05, 0) is 13.3 Å². The van der Waals surface area contributed by atoms with Crippen molar-refractivity contribution < 1.29 is 9.53 Å². The number of rotatable bonds is 2. The highest BCUT2D eigenvalue weighted by molar-refractivity contribution is 5.81. The predicted octanol–water partition coefficient (Wildman–Crippen LogP) is -0.419. The first-order valence-electron chi connectivity index (χ1n) is 4.22. The minimum absolute atomic E-state index is 0.0227. The smallest absolute Gasteiger partial charge is 0.239 e. The van der Waals surface area contributed by atoms with Crippen LogP contribution in [-0.4, -0.2) is 43.2 Å². The van der Waals surface area contributed by atoms with E-state index in [9.17, 15) is 4.79 Å². The van der Waals surface area contributed by atoms with Crippen LogP contribution in [0.15, 0.2) is 0 Å². The van der Waals surface area contributed by atoms with Gasteiger partial charge in [-0.1, -0.05) is 0 Å². The van der Waals surface area contributed by atoms with Crippen LogP contribution in [0.25, 0.3) is 0 Å². The van der Waals surface area contributed by atoms with Crippen molar-refractivity contribution in [1.82, 2.24) is 4.90 Å². The van der Waals surface area contributed by atoms with Gasteiger partial charge in [0.15, 0.2) is 0 Å². The summed E-state index contributed by atoms with van der Waals surface area (Å²) in [5.41, 5.74) is 5.47. The third kappa shape index (κ3) is 1.95. The fourth-order valence-corrected chi connectivity index (χ4v) is 1.41. The Balaban J connectivity index is 2.41. The number of methoxy groups -OCH3 is 1. The van der Waals surface area contributed by atoms with Crippen molar-refractivity contribution in [3.63, 3.8) is 0 Å². The zero-order valence-corrected chi connectivity index (χ0v) is 7.62. The number of carbonyl (C=O) groups is 1. The molecule has 1 saturated heterocycles. The Bertz CT molecular complexity index is 170. The molecule has 0 aromatic heterocycles. The largest absolute Gasteiger partial charge is 0.380 e. The van der Waals surface area contributed by atoms with Gasteiger partial charge in [-0.3, -0.25) is 4.79 Å². The Morgan fingerprint density at radius 2 is 2.42 bits per heavy atom. The van der Waals surface area contributed by atoms with E-state index in [0.717, 1.165) is 13.0 Å². The summed E-state index contributed by atoms with van der Waals surface area (Å²) in [6.45, 7) is 3.18. The molecule has 2 N–H and O–H groups in total. The molecular formula is C8H16N2O2. The first kappa shape index (κ1) is 9.48. The van der Waals surface area contributed by atoms with Crippen molar-refractivity contribution in [2.75, 3.05) is 20.2 Å². The Kier molecular flexibility index (Phi) is 3.05. The van der Waals surface area contributed by atoms with Gasteiger partial charge in [-0.2, -0.15) is 0 Å². The highest BCUT2D eigenvalue weighted by Crippen LogP contribution is 2.12. The summed E-state index contributed by atoms with van der Waals surface area (Å²) in [5, 5.41) is 0. The molecule has 0 radical (unpaired) electrons. The summed E-state index contributed by atoms with van der Waals surface area (Å²) in [6, 6.07) is -0.388. The summed E-state index contributed by atoms with van der Waals surface area (Å²) in [6.07, 6.45) is 1.13. The topological polar surface area (TPSA) is 55.6 Å². The zero-order chi connectivity index (χ0) is 9.14. The zero-order valence-electron chi connectivity index (χ0n) is 7.62. The third-order valence-corrected chi connectivity index (χ3v) is 2.18. The minimum Gasteiger partial charge on any atom is -0.380 e. The van der Waals surface area contributed by atoms with Crippen molar-refractivity contribution in [2.45, 2.75) is 25.5 Å². The molecule has 0 saturated carbocycles. The molecule has 0 spiro atoms. The van der Waals surface area contributed by atoms with Gasteiger partial charge in [0.05, 0.1) is 12.1 Å². The lowest BCUT2D eigenvalue weighted by Gasteiger charge is -2.17. The number of likely N-dealkylation sites (tertiary alicyclic amines) is 1. The van der Waals surface area contributed by atoms with Crippen LogP contribution < -0.4 is 5.73 Å². The van der Waals surface area contributed by atoms with E-state index in [-0.39, 0.29) is 18.1 Å². The van der Waals surface area contributed by atoms with E-state index in [2.05, 4.69) is 0 Å². The van der Waals surface area contributed by atoms with Crippen LogP contribution in [0.5, 0.6) is 0 Å². The van der Waals surface area contributed by atoms with E-state index in [1.165, 1.54) is 0 Å². The highest BCUT2D eigenvalue weighted by Gasteiger charge is 2.27. The molecule has 1 heterocycles. The van der Waals surface area contributed by atoms with Crippen molar-refractivity contribution in [1.29, 1.82) is 0 Å². The second-order valence-electron chi connectivity index (χ2n) is 3.22. The van der Waals surface area contributed by atoms with Crippen molar-refractivity contribution >= 4 is 5.91 Å². The van der Waals surface area contributed by atoms with Gasteiger partial charge in [0.25, 0.3) is 0 Å². The lowest BCUT2D eigenvalue weighted by molar-refractivity contribution is -0.131. The lowest BCUT2D eigenvalue weighted by atomic mass is 10.3.